The number of amides is 1. The van der Waals surface area contributed by atoms with Crippen LogP contribution < -0.4 is 0 Å². The molecule has 0 fully saturated rings. The number of halogens is 1. The first-order valence-corrected chi connectivity index (χ1v) is 6.30. The van der Waals surface area contributed by atoms with Crippen molar-refractivity contribution in [1.29, 1.82) is 0 Å². The van der Waals surface area contributed by atoms with Crippen LogP contribution in [0.5, 0.6) is 0 Å². The van der Waals surface area contributed by atoms with Gasteiger partial charge in [-0.05, 0) is 29.8 Å². The van der Waals surface area contributed by atoms with Gasteiger partial charge < -0.3 is 4.90 Å². The molecule has 1 amide bonds. The standard InChI is InChI=1S/C15H14FNOS/c1-17(10-11-5-4-6-12(16)9-11)15(18)13-7-2-3-8-14(13)19/h2-9,19H,10H2,1H3. The fourth-order valence-electron chi connectivity index (χ4n) is 1.84. The van der Waals surface area contributed by atoms with Crippen molar-refractivity contribution in [1.82, 2.24) is 4.90 Å². The van der Waals surface area contributed by atoms with Crippen LogP contribution in [-0.4, -0.2) is 17.9 Å². The van der Waals surface area contributed by atoms with E-state index in [0.717, 1.165) is 5.56 Å². The predicted octanol–water partition coefficient (Wildman–Crippen LogP) is 3.39. The molecule has 0 aromatic heterocycles. The third kappa shape index (κ3) is 3.35. The van der Waals surface area contributed by atoms with Crippen LogP contribution in [0.3, 0.4) is 0 Å². The maximum Gasteiger partial charge on any atom is 0.255 e. The molecule has 0 spiro atoms. The largest absolute Gasteiger partial charge is 0.337 e. The molecule has 0 atom stereocenters. The Labute approximate surface area is 117 Å². The molecule has 0 aliphatic rings. The summed E-state index contributed by atoms with van der Waals surface area (Å²) in [6.45, 7) is 0.360. The second-order valence-electron chi connectivity index (χ2n) is 4.31. The summed E-state index contributed by atoms with van der Waals surface area (Å²) in [6, 6.07) is 13.4. The Balaban J connectivity index is 2.14. The normalized spacial score (nSPS) is 10.3. The third-order valence-corrected chi connectivity index (χ3v) is 3.18. The number of thiol groups is 1. The van der Waals surface area contributed by atoms with Gasteiger partial charge in [0.2, 0.25) is 0 Å². The topological polar surface area (TPSA) is 20.3 Å². The summed E-state index contributed by atoms with van der Waals surface area (Å²) in [7, 11) is 1.69. The molecule has 2 aromatic carbocycles. The van der Waals surface area contributed by atoms with Gasteiger partial charge in [-0.15, -0.1) is 12.6 Å². The molecule has 0 N–H and O–H groups in total. The highest BCUT2D eigenvalue weighted by Crippen LogP contribution is 2.16. The molecular formula is C15H14FNOS. The van der Waals surface area contributed by atoms with Crippen molar-refractivity contribution >= 4 is 18.5 Å². The van der Waals surface area contributed by atoms with E-state index in [4.69, 9.17) is 0 Å². The Morgan fingerprint density at radius 3 is 2.63 bits per heavy atom. The Morgan fingerprint density at radius 1 is 1.21 bits per heavy atom. The average molecular weight is 275 g/mol. The Hall–Kier alpha value is -1.81. The van der Waals surface area contributed by atoms with Crippen molar-refractivity contribution in [2.45, 2.75) is 11.4 Å². The maximum absolute atomic E-state index is 13.1. The highest BCUT2D eigenvalue weighted by atomic mass is 32.1. The highest BCUT2D eigenvalue weighted by molar-refractivity contribution is 7.80. The fraction of sp³-hybridized carbons (Fsp3) is 0.133. The highest BCUT2D eigenvalue weighted by Gasteiger charge is 2.14. The van der Waals surface area contributed by atoms with Crippen molar-refractivity contribution < 1.29 is 9.18 Å². The second kappa shape index (κ2) is 5.89. The molecule has 0 saturated carbocycles. The molecule has 0 aliphatic heterocycles. The molecule has 0 bridgehead atoms. The van der Waals surface area contributed by atoms with E-state index in [1.165, 1.54) is 12.1 Å². The van der Waals surface area contributed by atoms with Crippen LogP contribution in [0.25, 0.3) is 0 Å². The van der Waals surface area contributed by atoms with E-state index in [1.54, 1.807) is 42.3 Å². The van der Waals surface area contributed by atoms with E-state index in [0.29, 0.717) is 17.0 Å². The number of hydrogen-bond acceptors (Lipinski definition) is 2. The van der Waals surface area contributed by atoms with Crippen LogP contribution >= 0.6 is 12.6 Å². The van der Waals surface area contributed by atoms with Gasteiger partial charge in [0.15, 0.2) is 0 Å². The summed E-state index contributed by atoms with van der Waals surface area (Å²) in [5.41, 5.74) is 1.30. The molecule has 0 saturated heterocycles. The molecule has 0 radical (unpaired) electrons. The number of carbonyl (C=O) groups is 1. The molecule has 0 aliphatic carbocycles. The lowest BCUT2D eigenvalue weighted by Gasteiger charge is -2.18. The van der Waals surface area contributed by atoms with Gasteiger partial charge in [-0.2, -0.15) is 0 Å². The average Bonchev–Trinajstić information content (AvgIpc) is 2.38. The van der Waals surface area contributed by atoms with Crippen molar-refractivity contribution in [2.75, 3.05) is 7.05 Å². The third-order valence-electron chi connectivity index (χ3n) is 2.79. The lowest BCUT2D eigenvalue weighted by Crippen LogP contribution is -2.26. The van der Waals surface area contributed by atoms with Gasteiger partial charge in [0.1, 0.15) is 5.82 Å². The van der Waals surface area contributed by atoms with E-state index in [-0.39, 0.29) is 11.7 Å². The van der Waals surface area contributed by atoms with E-state index < -0.39 is 0 Å². The van der Waals surface area contributed by atoms with Crippen molar-refractivity contribution in [3.05, 3.63) is 65.5 Å². The maximum atomic E-state index is 13.1. The van der Waals surface area contributed by atoms with E-state index >= 15 is 0 Å². The van der Waals surface area contributed by atoms with Gasteiger partial charge in [-0.1, -0.05) is 24.3 Å². The number of benzene rings is 2. The Bertz CT molecular complexity index is 600. The minimum atomic E-state index is -0.298. The van der Waals surface area contributed by atoms with Gasteiger partial charge in [0.25, 0.3) is 5.91 Å². The van der Waals surface area contributed by atoms with Crippen molar-refractivity contribution in [3.8, 4) is 0 Å². The summed E-state index contributed by atoms with van der Waals surface area (Å²) >= 11 is 4.27. The van der Waals surface area contributed by atoms with E-state index in [1.807, 2.05) is 6.07 Å². The van der Waals surface area contributed by atoms with Crippen LogP contribution in [0, 0.1) is 5.82 Å². The number of carbonyl (C=O) groups excluding carboxylic acids is 1. The van der Waals surface area contributed by atoms with Gasteiger partial charge in [0.05, 0.1) is 5.56 Å². The quantitative estimate of drug-likeness (QED) is 0.851. The fourth-order valence-corrected chi connectivity index (χ4v) is 2.10. The lowest BCUT2D eigenvalue weighted by atomic mass is 10.1. The summed E-state index contributed by atoms with van der Waals surface area (Å²) in [4.78, 5) is 14.4. The summed E-state index contributed by atoms with van der Waals surface area (Å²) in [6.07, 6.45) is 0. The first-order chi connectivity index (χ1) is 9.08. The second-order valence-corrected chi connectivity index (χ2v) is 4.79. The zero-order valence-electron chi connectivity index (χ0n) is 10.5. The van der Waals surface area contributed by atoms with Gasteiger partial charge in [-0.25, -0.2) is 4.39 Å². The van der Waals surface area contributed by atoms with Crippen molar-refractivity contribution in [3.63, 3.8) is 0 Å². The zero-order valence-corrected chi connectivity index (χ0v) is 11.4. The Kier molecular flexibility index (Phi) is 4.22. The molecule has 19 heavy (non-hydrogen) atoms. The molecular weight excluding hydrogens is 261 g/mol. The number of rotatable bonds is 3. The molecule has 98 valence electrons. The van der Waals surface area contributed by atoms with Crippen LogP contribution in [0.15, 0.2) is 53.4 Å². The lowest BCUT2D eigenvalue weighted by molar-refractivity contribution is 0.0781. The summed E-state index contributed by atoms with van der Waals surface area (Å²) < 4.78 is 13.1. The molecule has 0 heterocycles. The van der Waals surface area contributed by atoms with E-state index in [9.17, 15) is 9.18 Å². The first-order valence-electron chi connectivity index (χ1n) is 5.86. The van der Waals surface area contributed by atoms with Gasteiger partial charge in [-0.3, -0.25) is 4.79 Å². The summed E-state index contributed by atoms with van der Waals surface area (Å²) in [5, 5.41) is 0. The molecule has 2 nitrogen and oxygen atoms in total. The molecule has 0 unspecified atom stereocenters. The van der Waals surface area contributed by atoms with Gasteiger partial charge in [0, 0.05) is 18.5 Å². The van der Waals surface area contributed by atoms with Crippen molar-refractivity contribution in [2.24, 2.45) is 0 Å². The zero-order chi connectivity index (χ0) is 13.8. The number of hydrogen-bond donors (Lipinski definition) is 1. The molecule has 2 aromatic rings. The molecule has 4 heteroatoms. The Morgan fingerprint density at radius 2 is 1.95 bits per heavy atom. The minimum absolute atomic E-state index is 0.130. The monoisotopic (exact) mass is 275 g/mol. The smallest absolute Gasteiger partial charge is 0.255 e. The number of nitrogens with zero attached hydrogens (tertiary/aromatic N) is 1. The van der Waals surface area contributed by atoms with Crippen LogP contribution in [0.2, 0.25) is 0 Å². The minimum Gasteiger partial charge on any atom is -0.337 e. The SMILES string of the molecule is CN(Cc1cccc(F)c1)C(=O)c1ccccc1S. The predicted molar refractivity (Wildman–Crippen MR) is 75.9 cm³/mol. The van der Waals surface area contributed by atoms with Gasteiger partial charge >= 0.3 is 0 Å². The van der Waals surface area contributed by atoms with Crippen LogP contribution in [0.1, 0.15) is 15.9 Å². The van der Waals surface area contributed by atoms with Crippen LogP contribution in [-0.2, 0) is 6.54 Å². The first kappa shape index (κ1) is 13.6. The van der Waals surface area contributed by atoms with E-state index in [2.05, 4.69) is 12.6 Å². The van der Waals surface area contributed by atoms with Crippen LogP contribution in [0.4, 0.5) is 4.39 Å². The summed E-state index contributed by atoms with van der Waals surface area (Å²) in [5.74, 6) is -0.428. The molecule has 2 rings (SSSR count).